The van der Waals surface area contributed by atoms with Crippen LogP contribution in [-0.2, 0) is 16.0 Å². The molecule has 3 aromatic rings. The molecule has 2 heterocycles. The molecule has 2 aromatic carbocycles. The van der Waals surface area contributed by atoms with Gasteiger partial charge < -0.3 is 5.11 Å². The van der Waals surface area contributed by atoms with Crippen LogP contribution < -0.4 is 4.90 Å². The van der Waals surface area contributed by atoms with E-state index in [-0.39, 0.29) is 11.3 Å². The van der Waals surface area contributed by atoms with E-state index in [1.54, 1.807) is 12.1 Å². The van der Waals surface area contributed by atoms with Crippen LogP contribution in [-0.4, -0.2) is 16.8 Å². The third-order valence-electron chi connectivity index (χ3n) is 5.20. The Labute approximate surface area is 173 Å². The van der Waals surface area contributed by atoms with Gasteiger partial charge >= 0.3 is 0 Å². The first-order valence-corrected chi connectivity index (χ1v) is 10.4. The second kappa shape index (κ2) is 7.68. The molecule has 1 saturated heterocycles. The summed E-state index contributed by atoms with van der Waals surface area (Å²) >= 11 is 1.46. The van der Waals surface area contributed by atoms with Gasteiger partial charge in [0.05, 0.1) is 5.57 Å². The van der Waals surface area contributed by atoms with Gasteiger partial charge in [-0.15, -0.1) is 11.3 Å². The highest BCUT2D eigenvalue weighted by Gasteiger charge is 2.47. The van der Waals surface area contributed by atoms with E-state index in [1.165, 1.54) is 16.2 Å². The highest BCUT2D eigenvalue weighted by atomic mass is 32.1. The molecule has 1 amide bonds. The zero-order chi connectivity index (χ0) is 20.5. The number of aliphatic hydroxyl groups is 1. The van der Waals surface area contributed by atoms with Gasteiger partial charge in [-0.1, -0.05) is 55.0 Å². The predicted octanol–water partition coefficient (Wildman–Crippen LogP) is 5.25. The summed E-state index contributed by atoms with van der Waals surface area (Å²) in [7, 11) is 0. The maximum atomic E-state index is 13.0. The number of rotatable bonds is 4. The molecule has 0 radical (unpaired) electrons. The fourth-order valence-corrected chi connectivity index (χ4v) is 4.40. The number of benzene rings is 2. The SMILES string of the molecule is CCc1ccc(/C(O)=C2/C(=O)C(=O)N(c3ccc(C)cc3)C2c2cccs2)cc1. The topological polar surface area (TPSA) is 57.6 Å². The maximum absolute atomic E-state index is 13.0. The number of hydrogen-bond donors (Lipinski definition) is 1. The van der Waals surface area contributed by atoms with Crippen LogP contribution in [0.1, 0.15) is 34.5 Å². The molecular formula is C24H21NO3S. The molecule has 5 heteroatoms. The van der Waals surface area contributed by atoms with E-state index in [9.17, 15) is 14.7 Å². The number of carbonyl (C=O) groups excluding carboxylic acids is 2. The second-order valence-electron chi connectivity index (χ2n) is 7.07. The van der Waals surface area contributed by atoms with Gasteiger partial charge in [-0.2, -0.15) is 0 Å². The summed E-state index contributed by atoms with van der Waals surface area (Å²) in [5.74, 6) is -1.43. The first kappa shape index (κ1) is 19.2. The molecule has 1 atom stereocenters. The number of anilines is 1. The molecule has 1 fully saturated rings. The van der Waals surface area contributed by atoms with Crippen LogP contribution in [0.5, 0.6) is 0 Å². The minimum absolute atomic E-state index is 0.127. The zero-order valence-electron chi connectivity index (χ0n) is 16.3. The number of carbonyl (C=O) groups is 2. The molecule has 4 rings (SSSR count). The Hall–Kier alpha value is -3.18. The van der Waals surface area contributed by atoms with Crippen molar-refractivity contribution in [2.24, 2.45) is 0 Å². The summed E-state index contributed by atoms with van der Waals surface area (Å²) in [6.07, 6.45) is 0.883. The van der Waals surface area contributed by atoms with Gasteiger partial charge in [-0.05, 0) is 42.5 Å². The van der Waals surface area contributed by atoms with Gasteiger partial charge in [0.2, 0.25) is 0 Å². The number of amides is 1. The third kappa shape index (κ3) is 3.38. The van der Waals surface area contributed by atoms with Gasteiger partial charge in [0, 0.05) is 16.1 Å². The summed E-state index contributed by atoms with van der Waals surface area (Å²) in [5.41, 5.74) is 3.50. The van der Waals surface area contributed by atoms with Crippen molar-refractivity contribution in [1.29, 1.82) is 0 Å². The lowest BCUT2D eigenvalue weighted by molar-refractivity contribution is -0.132. The van der Waals surface area contributed by atoms with E-state index < -0.39 is 17.7 Å². The van der Waals surface area contributed by atoms with E-state index >= 15 is 0 Å². The van der Waals surface area contributed by atoms with Crippen molar-refractivity contribution < 1.29 is 14.7 Å². The molecule has 29 heavy (non-hydrogen) atoms. The summed E-state index contributed by atoms with van der Waals surface area (Å²) in [4.78, 5) is 28.3. The number of hydrogen-bond acceptors (Lipinski definition) is 4. The summed E-state index contributed by atoms with van der Waals surface area (Å²) in [6, 6.07) is 18.0. The quantitative estimate of drug-likeness (QED) is 0.368. The minimum Gasteiger partial charge on any atom is -0.507 e. The molecule has 0 saturated carbocycles. The van der Waals surface area contributed by atoms with Crippen molar-refractivity contribution in [2.45, 2.75) is 26.3 Å². The van der Waals surface area contributed by atoms with Gasteiger partial charge in [0.25, 0.3) is 11.7 Å². The molecule has 1 unspecified atom stereocenters. The van der Waals surface area contributed by atoms with Crippen molar-refractivity contribution >= 4 is 34.5 Å². The molecule has 1 N–H and O–H groups in total. The van der Waals surface area contributed by atoms with Crippen LogP contribution in [0.4, 0.5) is 5.69 Å². The molecular weight excluding hydrogens is 382 g/mol. The molecule has 4 nitrogen and oxygen atoms in total. The maximum Gasteiger partial charge on any atom is 0.300 e. The summed E-state index contributed by atoms with van der Waals surface area (Å²) < 4.78 is 0. The van der Waals surface area contributed by atoms with E-state index in [4.69, 9.17) is 0 Å². The number of aryl methyl sites for hydroxylation is 2. The Kier molecular flexibility index (Phi) is 5.07. The number of thiophene rings is 1. The average molecular weight is 404 g/mol. The van der Waals surface area contributed by atoms with E-state index in [2.05, 4.69) is 6.92 Å². The lowest BCUT2D eigenvalue weighted by atomic mass is 9.99. The van der Waals surface area contributed by atoms with Crippen molar-refractivity contribution in [2.75, 3.05) is 4.90 Å². The van der Waals surface area contributed by atoms with Crippen molar-refractivity contribution in [3.05, 3.63) is 93.2 Å². The predicted molar refractivity (Wildman–Crippen MR) is 116 cm³/mol. The van der Waals surface area contributed by atoms with Crippen molar-refractivity contribution in [3.63, 3.8) is 0 Å². The first-order valence-electron chi connectivity index (χ1n) is 9.51. The highest BCUT2D eigenvalue weighted by Crippen LogP contribution is 2.43. The minimum atomic E-state index is -0.666. The smallest absolute Gasteiger partial charge is 0.300 e. The normalized spacial score (nSPS) is 18.4. The van der Waals surface area contributed by atoms with Crippen LogP contribution in [0.2, 0.25) is 0 Å². The lowest BCUT2D eigenvalue weighted by Crippen LogP contribution is -2.29. The van der Waals surface area contributed by atoms with Gasteiger partial charge in [0.15, 0.2) is 0 Å². The molecule has 1 aromatic heterocycles. The van der Waals surface area contributed by atoms with Crippen molar-refractivity contribution in [1.82, 2.24) is 0 Å². The fourth-order valence-electron chi connectivity index (χ4n) is 3.57. The van der Waals surface area contributed by atoms with Crippen LogP contribution in [0.15, 0.2) is 71.6 Å². The Morgan fingerprint density at radius 2 is 1.72 bits per heavy atom. The molecule has 1 aliphatic heterocycles. The molecule has 1 aliphatic rings. The Balaban J connectivity index is 1.88. The van der Waals surface area contributed by atoms with E-state index in [1.807, 2.05) is 60.8 Å². The monoisotopic (exact) mass is 403 g/mol. The van der Waals surface area contributed by atoms with Crippen LogP contribution in [0, 0.1) is 6.92 Å². The molecule has 0 aliphatic carbocycles. The van der Waals surface area contributed by atoms with Gasteiger partial charge in [-0.3, -0.25) is 14.5 Å². The lowest BCUT2D eigenvalue weighted by Gasteiger charge is -2.24. The van der Waals surface area contributed by atoms with Crippen molar-refractivity contribution in [3.8, 4) is 0 Å². The van der Waals surface area contributed by atoms with Crippen LogP contribution in [0.25, 0.3) is 5.76 Å². The zero-order valence-corrected chi connectivity index (χ0v) is 17.1. The molecule has 0 spiro atoms. The number of Topliss-reactive ketones (excluding diaryl/α,β-unsaturated/α-hetero) is 1. The Morgan fingerprint density at radius 1 is 1.03 bits per heavy atom. The largest absolute Gasteiger partial charge is 0.507 e. The van der Waals surface area contributed by atoms with E-state index in [0.29, 0.717) is 11.3 Å². The number of nitrogens with zero attached hydrogens (tertiary/aromatic N) is 1. The number of ketones is 1. The standard InChI is InChI=1S/C24H21NO3S/c1-3-16-8-10-17(11-9-16)22(26)20-21(19-5-4-14-29-19)25(24(28)23(20)27)18-12-6-15(2)7-13-18/h4-14,21,26H,3H2,1-2H3/b22-20-. The summed E-state index contributed by atoms with van der Waals surface area (Å²) in [6.45, 7) is 4.02. The molecule has 0 bridgehead atoms. The molecule has 146 valence electrons. The third-order valence-corrected chi connectivity index (χ3v) is 6.13. The Morgan fingerprint density at radius 3 is 2.31 bits per heavy atom. The van der Waals surface area contributed by atoms with Crippen LogP contribution in [0.3, 0.4) is 0 Å². The highest BCUT2D eigenvalue weighted by molar-refractivity contribution is 7.10. The van der Waals surface area contributed by atoms with Crippen LogP contribution >= 0.6 is 11.3 Å². The number of aliphatic hydroxyl groups excluding tert-OH is 1. The van der Waals surface area contributed by atoms with E-state index in [0.717, 1.165) is 22.4 Å². The van der Waals surface area contributed by atoms with Gasteiger partial charge in [0.1, 0.15) is 11.8 Å². The second-order valence-corrected chi connectivity index (χ2v) is 8.05. The average Bonchev–Trinajstić information content (AvgIpc) is 3.36. The summed E-state index contributed by atoms with van der Waals surface area (Å²) in [5, 5.41) is 12.9. The Bertz CT molecular complexity index is 1080. The first-order chi connectivity index (χ1) is 14.0. The fraction of sp³-hybridized carbons (Fsp3) is 0.167. The van der Waals surface area contributed by atoms with Gasteiger partial charge in [-0.25, -0.2) is 0 Å².